The third kappa shape index (κ3) is 13.1. The number of rotatable bonds is 17. The number of hydrogen-bond donors (Lipinski definition) is 2. The SMILES string of the molecule is CCC(C)C(OC(=O)C(C)OC(=O)C(NC(=O)OCc1ccccc1)C(C)OC(=O)C(CC(C)C)O[Si](C)(C)C(C)(C)C)C(=O)O. The van der Waals surface area contributed by atoms with Crippen molar-refractivity contribution in [1.29, 1.82) is 0 Å². The lowest BCUT2D eigenvalue weighted by Crippen LogP contribution is -2.53. The second kappa shape index (κ2) is 18.0. The number of alkyl carbamates (subject to hydrolysis) is 1. The maximum absolute atomic E-state index is 13.5. The van der Waals surface area contributed by atoms with Crippen molar-refractivity contribution in [1.82, 2.24) is 5.32 Å². The number of carbonyl (C=O) groups excluding carboxylic acids is 4. The van der Waals surface area contributed by atoms with Crippen LogP contribution in [0.5, 0.6) is 0 Å². The summed E-state index contributed by atoms with van der Waals surface area (Å²) in [4.78, 5) is 64.0. The maximum Gasteiger partial charge on any atom is 0.408 e. The number of benzene rings is 1. The summed E-state index contributed by atoms with van der Waals surface area (Å²) in [5, 5.41) is 11.7. The molecule has 1 aromatic rings. The minimum atomic E-state index is -2.41. The molecule has 2 N–H and O–H groups in total. The standard InChI is InChI=1S/C33H53NO11Si/c1-12-21(4)27(28(35)36)44-29(37)23(6)43-31(39)26(34-32(40)41-19-24-16-14-13-15-17-24)22(5)42-30(38)25(18-20(2)3)45-46(10,11)33(7,8)9/h13-17,20-23,25-27H,12,18-19H2,1-11H3,(H,34,40)(H,35,36). The zero-order valence-corrected chi connectivity index (χ0v) is 30.1. The van der Waals surface area contributed by atoms with Crippen LogP contribution in [0.25, 0.3) is 0 Å². The molecule has 13 heteroatoms. The third-order valence-corrected chi connectivity index (χ3v) is 12.5. The molecule has 0 aliphatic rings. The molecule has 0 radical (unpaired) electrons. The van der Waals surface area contributed by atoms with Gasteiger partial charge < -0.3 is 33.8 Å². The van der Waals surface area contributed by atoms with E-state index in [1.54, 1.807) is 44.2 Å². The van der Waals surface area contributed by atoms with Crippen LogP contribution < -0.4 is 5.32 Å². The second-order valence-corrected chi connectivity index (χ2v) is 18.2. The molecule has 0 saturated heterocycles. The number of ether oxygens (including phenoxy) is 4. The molecule has 0 aromatic heterocycles. The quantitative estimate of drug-likeness (QED) is 0.120. The number of amides is 1. The summed E-state index contributed by atoms with van der Waals surface area (Å²) in [6.45, 7) is 19.9. The maximum atomic E-state index is 13.5. The number of carboxylic acid groups (broad SMARTS) is 1. The molecule has 1 rings (SSSR count). The van der Waals surface area contributed by atoms with Gasteiger partial charge in [0.25, 0.3) is 0 Å². The highest BCUT2D eigenvalue weighted by atomic mass is 28.4. The molecule has 12 nitrogen and oxygen atoms in total. The monoisotopic (exact) mass is 667 g/mol. The summed E-state index contributed by atoms with van der Waals surface area (Å²) in [6.07, 6.45) is -5.40. The minimum absolute atomic E-state index is 0.0846. The van der Waals surface area contributed by atoms with Crippen molar-refractivity contribution in [3.63, 3.8) is 0 Å². The predicted octanol–water partition coefficient (Wildman–Crippen LogP) is 5.62. The van der Waals surface area contributed by atoms with Gasteiger partial charge in [0.15, 0.2) is 20.5 Å². The molecule has 0 saturated carbocycles. The molecule has 1 aromatic carbocycles. The highest BCUT2D eigenvalue weighted by molar-refractivity contribution is 6.74. The molecule has 1 amide bonds. The number of esters is 3. The van der Waals surface area contributed by atoms with Gasteiger partial charge in [0, 0.05) is 5.92 Å². The fraction of sp³-hybridized carbons (Fsp3) is 0.667. The number of hydrogen-bond acceptors (Lipinski definition) is 10. The Morgan fingerprint density at radius 1 is 0.870 bits per heavy atom. The van der Waals surface area contributed by atoms with Crippen LogP contribution in [0.1, 0.15) is 80.7 Å². The van der Waals surface area contributed by atoms with Crippen molar-refractivity contribution in [3.05, 3.63) is 35.9 Å². The van der Waals surface area contributed by atoms with Gasteiger partial charge in [0.1, 0.15) is 18.8 Å². The van der Waals surface area contributed by atoms with Crippen LogP contribution in [-0.4, -0.2) is 73.9 Å². The van der Waals surface area contributed by atoms with Gasteiger partial charge in [0.2, 0.25) is 6.10 Å². The van der Waals surface area contributed by atoms with E-state index in [1.165, 1.54) is 13.8 Å². The first-order valence-corrected chi connectivity index (χ1v) is 18.6. The van der Waals surface area contributed by atoms with Crippen LogP contribution in [0.15, 0.2) is 30.3 Å². The van der Waals surface area contributed by atoms with Crippen molar-refractivity contribution >= 4 is 38.3 Å². The van der Waals surface area contributed by atoms with Crippen molar-refractivity contribution in [2.24, 2.45) is 11.8 Å². The molecule has 6 unspecified atom stereocenters. The average molecular weight is 668 g/mol. The van der Waals surface area contributed by atoms with Gasteiger partial charge in [-0.05, 0) is 56.3 Å². The second-order valence-electron chi connectivity index (χ2n) is 13.5. The van der Waals surface area contributed by atoms with Crippen molar-refractivity contribution in [3.8, 4) is 0 Å². The fourth-order valence-electron chi connectivity index (χ4n) is 3.88. The Morgan fingerprint density at radius 3 is 1.96 bits per heavy atom. The first-order valence-electron chi connectivity index (χ1n) is 15.7. The third-order valence-electron chi connectivity index (χ3n) is 7.98. The zero-order chi connectivity index (χ0) is 35.4. The van der Waals surface area contributed by atoms with Crippen LogP contribution >= 0.6 is 0 Å². The van der Waals surface area contributed by atoms with Crippen molar-refractivity contribution < 1.29 is 52.5 Å². The van der Waals surface area contributed by atoms with E-state index >= 15 is 0 Å². The molecule has 0 heterocycles. The van der Waals surface area contributed by atoms with E-state index in [4.69, 9.17) is 23.4 Å². The first-order chi connectivity index (χ1) is 21.2. The Labute approximate surface area is 274 Å². The van der Waals surface area contributed by atoms with Crippen LogP contribution in [0.3, 0.4) is 0 Å². The topological polar surface area (TPSA) is 164 Å². The summed E-state index contributed by atoms with van der Waals surface area (Å²) in [6, 6.07) is 7.25. The minimum Gasteiger partial charge on any atom is -0.478 e. The molecule has 0 spiro atoms. The number of aliphatic carboxylic acids is 1. The lowest BCUT2D eigenvalue weighted by atomic mass is 10.0. The van der Waals surface area contributed by atoms with Crippen LogP contribution in [-0.2, 0) is 49.2 Å². The van der Waals surface area contributed by atoms with E-state index in [0.717, 1.165) is 0 Å². The van der Waals surface area contributed by atoms with E-state index in [0.29, 0.717) is 18.4 Å². The summed E-state index contributed by atoms with van der Waals surface area (Å²) >= 11 is 0. The normalized spacial score (nSPS) is 15.8. The summed E-state index contributed by atoms with van der Waals surface area (Å²) in [5.74, 6) is -4.67. The highest BCUT2D eigenvalue weighted by Crippen LogP contribution is 2.38. The van der Waals surface area contributed by atoms with Crippen LogP contribution in [0.4, 0.5) is 4.79 Å². The van der Waals surface area contributed by atoms with Crippen LogP contribution in [0, 0.1) is 11.8 Å². The number of carbonyl (C=O) groups is 5. The Morgan fingerprint density at radius 2 is 1.46 bits per heavy atom. The number of nitrogens with one attached hydrogen (secondary N) is 1. The van der Waals surface area contributed by atoms with Crippen molar-refractivity contribution in [2.75, 3.05) is 0 Å². The van der Waals surface area contributed by atoms with E-state index in [-0.39, 0.29) is 17.6 Å². The van der Waals surface area contributed by atoms with E-state index in [1.807, 2.05) is 47.7 Å². The summed E-state index contributed by atoms with van der Waals surface area (Å²) in [5.41, 5.74) is 0.696. The highest BCUT2D eigenvalue weighted by Gasteiger charge is 2.43. The summed E-state index contributed by atoms with van der Waals surface area (Å²) in [7, 11) is -2.41. The predicted molar refractivity (Wildman–Crippen MR) is 173 cm³/mol. The molecule has 6 atom stereocenters. The Hall–Kier alpha value is -3.45. The summed E-state index contributed by atoms with van der Waals surface area (Å²) < 4.78 is 27.8. The van der Waals surface area contributed by atoms with Gasteiger partial charge in [-0.1, -0.05) is 78.8 Å². The van der Waals surface area contributed by atoms with Gasteiger partial charge >= 0.3 is 30.0 Å². The van der Waals surface area contributed by atoms with Gasteiger partial charge in [0.05, 0.1) is 0 Å². The fourth-order valence-corrected chi connectivity index (χ4v) is 5.14. The zero-order valence-electron chi connectivity index (χ0n) is 29.1. The molecule has 0 fully saturated rings. The molecule has 0 aliphatic heterocycles. The molecule has 260 valence electrons. The van der Waals surface area contributed by atoms with Gasteiger partial charge in [-0.3, -0.25) is 0 Å². The molecule has 0 bridgehead atoms. The average Bonchev–Trinajstić information content (AvgIpc) is 2.95. The largest absolute Gasteiger partial charge is 0.478 e. The van der Waals surface area contributed by atoms with Gasteiger partial charge in [-0.15, -0.1) is 0 Å². The smallest absolute Gasteiger partial charge is 0.408 e. The van der Waals surface area contributed by atoms with E-state index in [9.17, 15) is 29.1 Å². The lowest BCUT2D eigenvalue weighted by Gasteiger charge is -2.39. The van der Waals surface area contributed by atoms with E-state index < -0.39 is 74.7 Å². The van der Waals surface area contributed by atoms with Gasteiger partial charge in [-0.2, -0.15) is 0 Å². The Bertz CT molecular complexity index is 1170. The van der Waals surface area contributed by atoms with E-state index in [2.05, 4.69) is 5.32 Å². The van der Waals surface area contributed by atoms with Crippen molar-refractivity contribution in [2.45, 2.75) is 130 Å². The molecule has 0 aliphatic carbocycles. The van der Waals surface area contributed by atoms with Gasteiger partial charge in [-0.25, -0.2) is 24.0 Å². The lowest BCUT2D eigenvalue weighted by molar-refractivity contribution is -0.180. The molecular formula is C33H53NO11Si. The van der Waals surface area contributed by atoms with Crippen LogP contribution in [0.2, 0.25) is 18.1 Å². The molecular weight excluding hydrogens is 614 g/mol. The Kier molecular flexibility index (Phi) is 15.9. The Balaban J connectivity index is 3.20. The molecule has 46 heavy (non-hydrogen) atoms. The number of carboxylic acids is 1. The first kappa shape index (κ1) is 40.6.